The highest BCUT2D eigenvalue weighted by molar-refractivity contribution is 5.93. The third-order valence-electron chi connectivity index (χ3n) is 3.98. The Morgan fingerprint density at radius 1 is 1.33 bits per heavy atom. The summed E-state index contributed by atoms with van der Waals surface area (Å²) >= 11 is 0. The summed E-state index contributed by atoms with van der Waals surface area (Å²) in [6.45, 7) is 3.82. The molecule has 1 fully saturated rings. The first-order valence-corrected chi connectivity index (χ1v) is 7.41. The molecule has 1 aliphatic rings. The average molecular weight is 290 g/mol. The monoisotopic (exact) mass is 290 g/mol. The third-order valence-corrected chi connectivity index (χ3v) is 3.98. The average Bonchev–Trinajstić information content (AvgIpc) is 2.46. The highest BCUT2D eigenvalue weighted by Gasteiger charge is 2.15. The van der Waals surface area contributed by atoms with Gasteiger partial charge in [0, 0.05) is 12.1 Å². The molecule has 1 aromatic carbocycles. The zero-order chi connectivity index (χ0) is 15.2. The largest absolute Gasteiger partial charge is 0.478 e. The van der Waals surface area contributed by atoms with Gasteiger partial charge in [-0.05, 0) is 69.0 Å². The highest BCUT2D eigenvalue weighted by atomic mass is 16.4. The zero-order valence-electron chi connectivity index (χ0n) is 12.3. The molecule has 5 heteroatoms. The van der Waals surface area contributed by atoms with Gasteiger partial charge in [0.05, 0.1) is 5.56 Å². The molecule has 1 amide bonds. The fourth-order valence-corrected chi connectivity index (χ4v) is 2.71. The van der Waals surface area contributed by atoms with Crippen LogP contribution in [0.15, 0.2) is 18.2 Å². The maximum absolute atomic E-state index is 11.9. The number of benzene rings is 1. The molecule has 1 aliphatic heterocycles. The molecule has 0 saturated carbocycles. The van der Waals surface area contributed by atoms with E-state index in [4.69, 9.17) is 5.11 Å². The molecule has 21 heavy (non-hydrogen) atoms. The Kier molecular flexibility index (Phi) is 5.33. The van der Waals surface area contributed by atoms with Gasteiger partial charge in [0.15, 0.2) is 0 Å². The Labute approximate surface area is 124 Å². The topological polar surface area (TPSA) is 78.4 Å². The third kappa shape index (κ3) is 4.56. The normalized spacial score (nSPS) is 15.7. The Balaban J connectivity index is 1.84. The quantitative estimate of drug-likeness (QED) is 0.778. The predicted molar refractivity (Wildman–Crippen MR) is 81.6 cm³/mol. The number of aryl methyl sites for hydroxylation is 1. The molecule has 5 nitrogen and oxygen atoms in total. The number of anilines is 1. The number of rotatable bonds is 5. The number of amides is 1. The minimum Gasteiger partial charge on any atom is -0.478 e. The number of carboxylic acids is 1. The van der Waals surface area contributed by atoms with Crippen LogP contribution in [0.1, 0.15) is 41.6 Å². The number of carbonyl (C=O) groups excluding carboxylic acids is 1. The van der Waals surface area contributed by atoms with Gasteiger partial charge in [-0.25, -0.2) is 4.79 Å². The summed E-state index contributed by atoms with van der Waals surface area (Å²) in [6.07, 6.45) is 3.71. The first-order valence-electron chi connectivity index (χ1n) is 7.41. The lowest BCUT2D eigenvalue weighted by Crippen LogP contribution is -2.28. The molecular weight excluding hydrogens is 268 g/mol. The number of hydrogen-bond donors (Lipinski definition) is 3. The second-order valence-corrected chi connectivity index (χ2v) is 5.62. The van der Waals surface area contributed by atoms with Crippen molar-refractivity contribution < 1.29 is 14.7 Å². The summed E-state index contributed by atoms with van der Waals surface area (Å²) in [5, 5.41) is 15.1. The Morgan fingerprint density at radius 2 is 2.05 bits per heavy atom. The Bertz CT molecular complexity index is 522. The molecule has 0 radical (unpaired) electrons. The number of aromatic carboxylic acids is 1. The van der Waals surface area contributed by atoms with Crippen molar-refractivity contribution in [3.63, 3.8) is 0 Å². The van der Waals surface area contributed by atoms with E-state index in [-0.39, 0.29) is 11.5 Å². The van der Waals surface area contributed by atoms with Gasteiger partial charge in [-0.1, -0.05) is 0 Å². The van der Waals surface area contributed by atoms with Crippen molar-refractivity contribution in [2.45, 2.75) is 32.6 Å². The standard InChI is InChI=1S/C16H22N2O3/c1-11-10-13(3-4-14(11)16(20)21)18-15(19)5-2-12-6-8-17-9-7-12/h3-4,10,12,17H,2,5-9H2,1H3,(H,18,19)(H,20,21). The van der Waals surface area contributed by atoms with E-state index < -0.39 is 5.97 Å². The minimum absolute atomic E-state index is 0.00370. The smallest absolute Gasteiger partial charge is 0.335 e. The molecule has 114 valence electrons. The van der Waals surface area contributed by atoms with Crippen LogP contribution >= 0.6 is 0 Å². The van der Waals surface area contributed by atoms with Crippen LogP contribution in [0, 0.1) is 12.8 Å². The van der Waals surface area contributed by atoms with Crippen LogP contribution in [-0.2, 0) is 4.79 Å². The summed E-state index contributed by atoms with van der Waals surface area (Å²) in [7, 11) is 0. The van der Waals surface area contributed by atoms with E-state index in [9.17, 15) is 9.59 Å². The maximum Gasteiger partial charge on any atom is 0.335 e. The molecule has 0 aliphatic carbocycles. The predicted octanol–water partition coefficient (Wildman–Crippen LogP) is 2.41. The molecule has 1 aromatic rings. The Morgan fingerprint density at radius 3 is 2.67 bits per heavy atom. The van der Waals surface area contributed by atoms with Gasteiger partial charge in [-0.2, -0.15) is 0 Å². The molecule has 1 saturated heterocycles. The van der Waals surface area contributed by atoms with E-state index in [1.54, 1.807) is 19.1 Å². The van der Waals surface area contributed by atoms with Crippen molar-refractivity contribution in [3.05, 3.63) is 29.3 Å². The molecule has 0 atom stereocenters. The van der Waals surface area contributed by atoms with Crippen molar-refractivity contribution in [2.75, 3.05) is 18.4 Å². The first-order chi connectivity index (χ1) is 10.1. The fourth-order valence-electron chi connectivity index (χ4n) is 2.71. The minimum atomic E-state index is -0.948. The Hall–Kier alpha value is -1.88. The summed E-state index contributed by atoms with van der Waals surface area (Å²) in [6, 6.07) is 4.87. The van der Waals surface area contributed by atoms with Crippen molar-refractivity contribution in [1.29, 1.82) is 0 Å². The second-order valence-electron chi connectivity index (χ2n) is 5.62. The summed E-state index contributed by atoms with van der Waals surface area (Å²) in [4.78, 5) is 22.9. The number of hydrogen-bond acceptors (Lipinski definition) is 3. The van der Waals surface area contributed by atoms with Gasteiger partial charge < -0.3 is 15.7 Å². The van der Waals surface area contributed by atoms with Crippen molar-refractivity contribution in [1.82, 2.24) is 5.32 Å². The van der Waals surface area contributed by atoms with Gasteiger partial charge in [0.25, 0.3) is 0 Å². The van der Waals surface area contributed by atoms with Crippen LogP contribution in [-0.4, -0.2) is 30.1 Å². The molecular formula is C16H22N2O3. The molecule has 1 heterocycles. The lowest BCUT2D eigenvalue weighted by molar-refractivity contribution is -0.116. The van der Waals surface area contributed by atoms with Crippen LogP contribution in [0.3, 0.4) is 0 Å². The van der Waals surface area contributed by atoms with E-state index in [2.05, 4.69) is 10.6 Å². The van der Waals surface area contributed by atoms with Crippen LogP contribution in [0.4, 0.5) is 5.69 Å². The van der Waals surface area contributed by atoms with Crippen molar-refractivity contribution in [3.8, 4) is 0 Å². The van der Waals surface area contributed by atoms with Gasteiger partial charge >= 0.3 is 5.97 Å². The maximum atomic E-state index is 11.9. The van der Waals surface area contributed by atoms with E-state index in [0.717, 1.165) is 32.4 Å². The molecule has 0 aromatic heterocycles. The lowest BCUT2D eigenvalue weighted by Gasteiger charge is -2.22. The van der Waals surface area contributed by atoms with Crippen LogP contribution in [0.5, 0.6) is 0 Å². The van der Waals surface area contributed by atoms with Gasteiger partial charge in [-0.15, -0.1) is 0 Å². The van der Waals surface area contributed by atoms with Crippen molar-refractivity contribution in [2.24, 2.45) is 5.92 Å². The van der Waals surface area contributed by atoms with Gasteiger partial charge in [-0.3, -0.25) is 4.79 Å². The summed E-state index contributed by atoms with van der Waals surface area (Å²) in [5.74, 6) is -0.319. The number of carboxylic acid groups (broad SMARTS) is 1. The van der Waals surface area contributed by atoms with Crippen LogP contribution in [0.25, 0.3) is 0 Å². The molecule has 3 N–H and O–H groups in total. The zero-order valence-corrected chi connectivity index (χ0v) is 12.3. The highest BCUT2D eigenvalue weighted by Crippen LogP contribution is 2.19. The molecule has 0 bridgehead atoms. The molecule has 0 spiro atoms. The lowest BCUT2D eigenvalue weighted by atomic mass is 9.93. The number of carbonyl (C=O) groups is 2. The van der Waals surface area contributed by atoms with Gasteiger partial charge in [0.1, 0.15) is 0 Å². The van der Waals surface area contributed by atoms with E-state index >= 15 is 0 Å². The summed E-state index contributed by atoms with van der Waals surface area (Å²) < 4.78 is 0. The molecule has 2 rings (SSSR count). The fraction of sp³-hybridized carbons (Fsp3) is 0.500. The van der Waals surface area contributed by atoms with Crippen LogP contribution in [0.2, 0.25) is 0 Å². The SMILES string of the molecule is Cc1cc(NC(=O)CCC2CCNCC2)ccc1C(=O)O. The number of nitrogens with one attached hydrogen (secondary N) is 2. The number of piperidine rings is 1. The molecule has 0 unspecified atom stereocenters. The van der Waals surface area contributed by atoms with E-state index in [0.29, 0.717) is 23.6 Å². The second kappa shape index (κ2) is 7.22. The summed E-state index contributed by atoms with van der Waals surface area (Å²) in [5.41, 5.74) is 1.58. The van der Waals surface area contributed by atoms with Crippen LogP contribution < -0.4 is 10.6 Å². The van der Waals surface area contributed by atoms with E-state index in [1.165, 1.54) is 6.07 Å². The van der Waals surface area contributed by atoms with E-state index in [1.807, 2.05) is 0 Å². The van der Waals surface area contributed by atoms with Gasteiger partial charge in [0.2, 0.25) is 5.91 Å². The first kappa shape index (κ1) is 15.5. The van der Waals surface area contributed by atoms with Crippen molar-refractivity contribution >= 4 is 17.6 Å².